The van der Waals surface area contributed by atoms with E-state index in [9.17, 15) is 0 Å². The van der Waals surface area contributed by atoms with E-state index in [1.807, 2.05) is 30.5 Å². The minimum absolute atomic E-state index is 0.152. The van der Waals surface area contributed by atoms with E-state index < -0.39 is 0 Å². The number of rotatable bonds is 1. The van der Waals surface area contributed by atoms with Crippen molar-refractivity contribution in [3.8, 4) is 0 Å². The SMILES string of the molecule is COC1C=CC2=C(C=c3ccccc3=CO2)C1. The Kier molecular flexibility index (Phi) is 2.57. The first-order valence-corrected chi connectivity index (χ1v) is 5.74. The fraction of sp³-hybridized carbons (Fsp3) is 0.200. The van der Waals surface area contributed by atoms with Crippen LogP contribution in [0.5, 0.6) is 0 Å². The highest BCUT2D eigenvalue weighted by Crippen LogP contribution is 2.23. The molecule has 1 unspecified atom stereocenters. The predicted octanol–water partition coefficient (Wildman–Crippen LogP) is 1.46. The zero-order chi connectivity index (χ0) is 11.7. The van der Waals surface area contributed by atoms with Gasteiger partial charge in [0.2, 0.25) is 0 Å². The molecule has 2 heteroatoms. The van der Waals surface area contributed by atoms with E-state index >= 15 is 0 Å². The molecule has 0 saturated heterocycles. The summed E-state index contributed by atoms with van der Waals surface area (Å²) in [5.41, 5.74) is 1.19. The first-order valence-electron chi connectivity index (χ1n) is 5.74. The van der Waals surface area contributed by atoms with Gasteiger partial charge in [0.25, 0.3) is 0 Å². The zero-order valence-corrected chi connectivity index (χ0v) is 9.72. The molecule has 0 spiro atoms. The van der Waals surface area contributed by atoms with Crippen molar-refractivity contribution in [2.24, 2.45) is 0 Å². The molecule has 17 heavy (non-hydrogen) atoms. The van der Waals surface area contributed by atoms with Crippen molar-refractivity contribution < 1.29 is 9.47 Å². The lowest BCUT2D eigenvalue weighted by atomic mass is 10.00. The Hall–Kier alpha value is -1.80. The van der Waals surface area contributed by atoms with E-state index in [1.54, 1.807) is 7.11 Å². The third kappa shape index (κ3) is 1.92. The number of fused-ring (bicyclic) bond motifs is 1. The van der Waals surface area contributed by atoms with Gasteiger partial charge in [0.05, 0.1) is 12.4 Å². The summed E-state index contributed by atoms with van der Waals surface area (Å²) in [6, 6.07) is 8.22. The van der Waals surface area contributed by atoms with Gasteiger partial charge in [-0.15, -0.1) is 0 Å². The van der Waals surface area contributed by atoms with E-state index in [0.717, 1.165) is 17.4 Å². The Morgan fingerprint density at radius 1 is 1.24 bits per heavy atom. The van der Waals surface area contributed by atoms with Gasteiger partial charge in [0, 0.05) is 18.7 Å². The number of ether oxygens (including phenoxy) is 2. The summed E-state index contributed by atoms with van der Waals surface area (Å²) in [5.74, 6) is 0.925. The average Bonchev–Trinajstić information content (AvgIpc) is 2.56. The Bertz CT molecular complexity index is 608. The van der Waals surface area contributed by atoms with Crippen LogP contribution in [-0.2, 0) is 9.47 Å². The van der Waals surface area contributed by atoms with Crippen LogP contribution < -0.4 is 10.4 Å². The molecule has 1 atom stereocenters. The standard InChI is InChI=1S/C15H14O2/c1-16-14-6-7-15-13(9-14)8-11-4-2-3-5-12(11)10-17-15/h2-8,10,14H,9H2,1H3. The van der Waals surface area contributed by atoms with E-state index in [2.05, 4.69) is 18.2 Å². The van der Waals surface area contributed by atoms with Crippen LogP contribution >= 0.6 is 0 Å². The minimum Gasteiger partial charge on any atom is -0.464 e. The van der Waals surface area contributed by atoms with Gasteiger partial charge in [-0.3, -0.25) is 0 Å². The molecule has 0 amide bonds. The van der Waals surface area contributed by atoms with E-state index in [4.69, 9.17) is 9.47 Å². The minimum atomic E-state index is 0.152. The molecule has 86 valence electrons. The zero-order valence-electron chi connectivity index (χ0n) is 9.72. The maximum Gasteiger partial charge on any atom is 0.129 e. The van der Waals surface area contributed by atoms with Gasteiger partial charge in [-0.1, -0.05) is 30.3 Å². The number of benzene rings is 1. The van der Waals surface area contributed by atoms with Crippen LogP contribution in [0, 0.1) is 0 Å². The molecule has 0 aromatic heterocycles. The number of methoxy groups -OCH3 is 1. The third-order valence-electron chi connectivity index (χ3n) is 3.14. The van der Waals surface area contributed by atoms with Crippen molar-refractivity contribution >= 4 is 12.3 Å². The topological polar surface area (TPSA) is 18.5 Å². The Morgan fingerprint density at radius 3 is 2.88 bits per heavy atom. The molecular formula is C15H14O2. The van der Waals surface area contributed by atoms with Crippen LogP contribution in [0.15, 0.2) is 47.7 Å². The van der Waals surface area contributed by atoms with Gasteiger partial charge in [-0.2, -0.15) is 0 Å². The maximum absolute atomic E-state index is 5.71. The number of hydrogen-bond acceptors (Lipinski definition) is 2. The summed E-state index contributed by atoms with van der Waals surface area (Å²) in [6.45, 7) is 0. The number of allylic oxidation sites excluding steroid dienone is 1. The monoisotopic (exact) mass is 226 g/mol. The molecule has 2 nitrogen and oxygen atoms in total. The summed E-state index contributed by atoms with van der Waals surface area (Å²) in [5, 5.41) is 2.31. The largest absolute Gasteiger partial charge is 0.464 e. The van der Waals surface area contributed by atoms with E-state index in [-0.39, 0.29) is 6.10 Å². The lowest BCUT2D eigenvalue weighted by Gasteiger charge is -2.18. The Morgan fingerprint density at radius 2 is 2.06 bits per heavy atom. The van der Waals surface area contributed by atoms with Crippen molar-refractivity contribution in [1.29, 1.82) is 0 Å². The van der Waals surface area contributed by atoms with Gasteiger partial charge in [-0.05, 0) is 22.9 Å². The normalized spacial score (nSPS) is 21.6. The molecule has 1 aliphatic heterocycles. The molecule has 1 aromatic carbocycles. The molecule has 1 heterocycles. The maximum atomic E-state index is 5.71. The fourth-order valence-electron chi connectivity index (χ4n) is 2.16. The van der Waals surface area contributed by atoms with Crippen molar-refractivity contribution in [2.45, 2.75) is 12.5 Å². The van der Waals surface area contributed by atoms with E-state index in [1.165, 1.54) is 10.8 Å². The number of hydrogen-bond donors (Lipinski definition) is 0. The molecule has 3 rings (SSSR count). The molecule has 1 aliphatic carbocycles. The first-order chi connectivity index (χ1) is 8.36. The summed E-state index contributed by atoms with van der Waals surface area (Å²) in [7, 11) is 1.73. The smallest absolute Gasteiger partial charge is 0.129 e. The van der Waals surface area contributed by atoms with Crippen molar-refractivity contribution in [1.82, 2.24) is 0 Å². The van der Waals surface area contributed by atoms with Crippen molar-refractivity contribution in [2.75, 3.05) is 7.11 Å². The quantitative estimate of drug-likeness (QED) is 0.722. The first kappa shape index (κ1) is 10.4. The highest BCUT2D eigenvalue weighted by molar-refractivity contribution is 5.55. The molecule has 1 aromatic rings. The Labute approximate surface area is 100 Å². The molecule has 2 aliphatic rings. The second kappa shape index (κ2) is 4.22. The highest BCUT2D eigenvalue weighted by Gasteiger charge is 2.16. The van der Waals surface area contributed by atoms with Crippen molar-refractivity contribution in [3.05, 3.63) is 58.2 Å². The molecule has 0 N–H and O–H groups in total. The van der Waals surface area contributed by atoms with Gasteiger partial charge in [0.15, 0.2) is 0 Å². The van der Waals surface area contributed by atoms with Crippen LogP contribution in [0.2, 0.25) is 0 Å². The average molecular weight is 226 g/mol. The van der Waals surface area contributed by atoms with Crippen LogP contribution in [0.3, 0.4) is 0 Å². The Balaban J connectivity index is 2.10. The van der Waals surface area contributed by atoms with Crippen molar-refractivity contribution in [3.63, 3.8) is 0 Å². The van der Waals surface area contributed by atoms with Gasteiger partial charge in [0.1, 0.15) is 5.76 Å². The van der Waals surface area contributed by atoms with Crippen LogP contribution in [0.25, 0.3) is 12.3 Å². The molecule has 0 saturated carbocycles. The van der Waals surface area contributed by atoms with Crippen LogP contribution in [-0.4, -0.2) is 13.2 Å². The lowest BCUT2D eigenvalue weighted by molar-refractivity contribution is 0.139. The van der Waals surface area contributed by atoms with Gasteiger partial charge in [-0.25, -0.2) is 0 Å². The second-order valence-corrected chi connectivity index (χ2v) is 4.24. The summed E-state index contributed by atoms with van der Waals surface area (Å²) in [6.07, 6.45) is 9.04. The third-order valence-corrected chi connectivity index (χ3v) is 3.14. The predicted molar refractivity (Wildman–Crippen MR) is 67.3 cm³/mol. The van der Waals surface area contributed by atoms with Crippen LogP contribution in [0.4, 0.5) is 0 Å². The molecule has 0 bridgehead atoms. The molecule has 0 radical (unpaired) electrons. The van der Waals surface area contributed by atoms with Crippen LogP contribution in [0.1, 0.15) is 6.42 Å². The highest BCUT2D eigenvalue weighted by atomic mass is 16.5. The fourth-order valence-corrected chi connectivity index (χ4v) is 2.16. The van der Waals surface area contributed by atoms with E-state index in [0.29, 0.717) is 0 Å². The summed E-state index contributed by atoms with van der Waals surface area (Å²) in [4.78, 5) is 0. The second-order valence-electron chi connectivity index (χ2n) is 4.24. The lowest BCUT2D eigenvalue weighted by Crippen LogP contribution is -2.23. The molecular weight excluding hydrogens is 212 g/mol. The van der Waals surface area contributed by atoms with Gasteiger partial charge >= 0.3 is 0 Å². The molecule has 0 fully saturated rings. The summed E-state index contributed by atoms with van der Waals surface area (Å²) >= 11 is 0. The van der Waals surface area contributed by atoms with Gasteiger partial charge < -0.3 is 9.47 Å². The summed E-state index contributed by atoms with van der Waals surface area (Å²) < 4.78 is 11.1.